The average Bonchev–Trinajstić information content (AvgIpc) is 3.07. The van der Waals surface area contributed by atoms with E-state index in [1.165, 1.54) is 19.0 Å². The fourth-order valence-electron chi connectivity index (χ4n) is 2.30. The Labute approximate surface area is 140 Å². The van der Waals surface area contributed by atoms with Gasteiger partial charge in [0, 0.05) is 18.3 Å². The van der Waals surface area contributed by atoms with Crippen LogP contribution < -0.4 is 20.1 Å². The van der Waals surface area contributed by atoms with Crippen LogP contribution in [0.5, 0.6) is 11.5 Å². The fraction of sp³-hybridized carbons (Fsp3) is 0.353. The third kappa shape index (κ3) is 3.92. The molecule has 1 aliphatic rings. The Bertz CT molecular complexity index is 703. The number of nitrogens with zero attached hydrogens (tertiary/aromatic N) is 2. The van der Waals surface area contributed by atoms with Crippen molar-refractivity contribution in [3.8, 4) is 11.5 Å². The molecule has 0 radical (unpaired) electrons. The van der Waals surface area contributed by atoms with E-state index >= 15 is 0 Å². The molecule has 1 amide bonds. The lowest BCUT2D eigenvalue weighted by molar-refractivity contribution is 0.102. The van der Waals surface area contributed by atoms with Gasteiger partial charge in [0.1, 0.15) is 11.5 Å². The lowest BCUT2D eigenvalue weighted by Gasteiger charge is -2.07. The second kappa shape index (κ2) is 7.63. The topological polar surface area (TPSA) is 85.4 Å². The van der Waals surface area contributed by atoms with Gasteiger partial charge in [0.05, 0.1) is 12.4 Å². The fourth-order valence-corrected chi connectivity index (χ4v) is 2.30. The van der Waals surface area contributed by atoms with Crippen LogP contribution in [0.2, 0.25) is 0 Å². The van der Waals surface area contributed by atoms with Crippen LogP contribution in [-0.4, -0.2) is 29.2 Å². The molecule has 1 aromatic heterocycles. The molecule has 0 saturated heterocycles. The molecule has 0 unspecified atom stereocenters. The van der Waals surface area contributed by atoms with Gasteiger partial charge in [0.15, 0.2) is 11.5 Å². The number of hydrogen-bond donors (Lipinski definition) is 2. The van der Waals surface area contributed by atoms with Gasteiger partial charge in [0.25, 0.3) is 5.91 Å². The Balaban J connectivity index is 1.57. The minimum absolute atomic E-state index is 0.199. The minimum atomic E-state index is -0.320. The molecule has 2 aromatic rings. The molecule has 0 aliphatic carbocycles. The van der Waals surface area contributed by atoms with E-state index in [0.717, 1.165) is 13.0 Å². The number of nitrogens with one attached hydrogen (secondary N) is 2. The Morgan fingerprint density at radius 1 is 1.17 bits per heavy atom. The number of ether oxygens (including phenoxy) is 2. The molecule has 2 heterocycles. The van der Waals surface area contributed by atoms with Crippen LogP contribution in [0.4, 0.5) is 11.5 Å². The summed E-state index contributed by atoms with van der Waals surface area (Å²) in [5.74, 6) is 1.64. The molecule has 7 nitrogen and oxygen atoms in total. The molecule has 126 valence electrons. The molecular weight excluding hydrogens is 308 g/mol. The summed E-state index contributed by atoms with van der Waals surface area (Å²) in [6.07, 6.45) is 6.47. The summed E-state index contributed by atoms with van der Waals surface area (Å²) >= 11 is 0. The van der Waals surface area contributed by atoms with Gasteiger partial charge in [0.2, 0.25) is 6.79 Å². The number of rotatable bonds is 7. The highest BCUT2D eigenvalue weighted by Gasteiger charge is 2.15. The highest BCUT2D eigenvalue weighted by atomic mass is 16.7. The van der Waals surface area contributed by atoms with Crippen LogP contribution in [0.3, 0.4) is 0 Å². The molecule has 7 heteroatoms. The molecule has 1 aliphatic heterocycles. The largest absolute Gasteiger partial charge is 0.454 e. The Morgan fingerprint density at radius 2 is 2.04 bits per heavy atom. The van der Waals surface area contributed by atoms with Crippen molar-refractivity contribution in [2.24, 2.45) is 0 Å². The summed E-state index contributed by atoms with van der Waals surface area (Å²) in [5, 5.41) is 5.96. The van der Waals surface area contributed by atoms with Gasteiger partial charge in [-0.1, -0.05) is 19.8 Å². The quantitative estimate of drug-likeness (QED) is 0.760. The number of unbranched alkanes of at least 4 members (excludes halogenated alkanes) is 2. The molecule has 3 rings (SSSR count). The van der Waals surface area contributed by atoms with E-state index in [9.17, 15) is 4.79 Å². The van der Waals surface area contributed by atoms with E-state index < -0.39 is 0 Å². The van der Waals surface area contributed by atoms with Crippen LogP contribution in [-0.2, 0) is 0 Å². The third-order valence-corrected chi connectivity index (χ3v) is 3.60. The normalized spacial score (nSPS) is 12.0. The first kappa shape index (κ1) is 16.0. The number of anilines is 2. The van der Waals surface area contributed by atoms with E-state index in [2.05, 4.69) is 27.5 Å². The SMILES string of the molecule is CCCCCNc1cnc(C(=O)Nc2ccc3c(c2)OCO3)cn1. The summed E-state index contributed by atoms with van der Waals surface area (Å²) in [4.78, 5) is 20.6. The third-order valence-electron chi connectivity index (χ3n) is 3.60. The molecule has 2 N–H and O–H groups in total. The van der Waals surface area contributed by atoms with Crippen LogP contribution in [0.25, 0.3) is 0 Å². The standard InChI is InChI=1S/C17H20N4O3/c1-2-3-4-7-18-16-10-19-13(9-20-16)17(22)21-12-5-6-14-15(8-12)24-11-23-14/h5-6,8-10H,2-4,7,11H2,1H3,(H,18,20)(H,21,22). The van der Waals surface area contributed by atoms with E-state index in [4.69, 9.17) is 9.47 Å². The molecule has 1 aromatic carbocycles. The van der Waals surface area contributed by atoms with E-state index in [0.29, 0.717) is 23.0 Å². The number of benzene rings is 1. The second-order valence-electron chi connectivity index (χ2n) is 5.44. The van der Waals surface area contributed by atoms with Crippen molar-refractivity contribution in [1.29, 1.82) is 0 Å². The molecule has 0 spiro atoms. The zero-order chi connectivity index (χ0) is 16.8. The Kier molecular flexibility index (Phi) is 5.10. The zero-order valence-electron chi connectivity index (χ0n) is 13.5. The van der Waals surface area contributed by atoms with Crippen LogP contribution in [0.15, 0.2) is 30.6 Å². The van der Waals surface area contributed by atoms with E-state index in [1.54, 1.807) is 24.4 Å². The van der Waals surface area contributed by atoms with Gasteiger partial charge < -0.3 is 20.1 Å². The maximum atomic E-state index is 12.2. The lowest BCUT2D eigenvalue weighted by atomic mass is 10.2. The predicted octanol–water partition coefficient (Wildman–Crippen LogP) is 3.06. The van der Waals surface area contributed by atoms with Crippen LogP contribution in [0.1, 0.15) is 36.7 Å². The number of carbonyl (C=O) groups is 1. The predicted molar refractivity (Wildman–Crippen MR) is 90.6 cm³/mol. The first-order valence-electron chi connectivity index (χ1n) is 8.03. The monoisotopic (exact) mass is 328 g/mol. The van der Waals surface area contributed by atoms with Crippen molar-refractivity contribution >= 4 is 17.4 Å². The first-order valence-corrected chi connectivity index (χ1v) is 8.03. The number of hydrogen-bond acceptors (Lipinski definition) is 6. The van der Waals surface area contributed by atoms with Crippen molar-refractivity contribution in [1.82, 2.24) is 9.97 Å². The smallest absolute Gasteiger partial charge is 0.275 e. The summed E-state index contributed by atoms with van der Waals surface area (Å²) in [6, 6.07) is 5.23. The Hall–Kier alpha value is -2.83. The number of fused-ring (bicyclic) bond motifs is 1. The van der Waals surface area contributed by atoms with Crippen molar-refractivity contribution in [3.63, 3.8) is 0 Å². The van der Waals surface area contributed by atoms with Crippen LogP contribution in [0, 0.1) is 0 Å². The molecule has 0 fully saturated rings. The molecular formula is C17H20N4O3. The van der Waals surface area contributed by atoms with Crippen LogP contribution >= 0.6 is 0 Å². The molecule has 0 bridgehead atoms. The highest BCUT2D eigenvalue weighted by molar-refractivity contribution is 6.02. The van der Waals surface area contributed by atoms with Crippen molar-refractivity contribution in [3.05, 3.63) is 36.3 Å². The molecule has 24 heavy (non-hydrogen) atoms. The summed E-state index contributed by atoms with van der Waals surface area (Å²) in [7, 11) is 0. The molecule has 0 atom stereocenters. The van der Waals surface area contributed by atoms with Crippen molar-refractivity contribution < 1.29 is 14.3 Å². The zero-order valence-corrected chi connectivity index (χ0v) is 13.5. The van der Waals surface area contributed by atoms with E-state index in [-0.39, 0.29) is 18.4 Å². The minimum Gasteiger partial charge on any atom is -0.454 e. The van der Waals surface area contributed by atoms with Gasteiger partial charge in [-0.15, -0.1) is 0 Å². The lowest BCUT2D eigenvalue weighted by Crippen LogP contribution is -2.14. The van der Waals surface area contributed by atoms with Gasteiger partial charge in [-0.25, -0.2) is 9.97 Å². The number of aromatic nitrogens is 2. The second-order valence-corrected chi connectivity index (χ2v) is 5.44. The summed E-state index contributed by atoms with van der Waals surface area (Å²) in [6.45, 7) is 3.21. The van der Waals surface area contributed by atoms with Gasteiger partial charge in [-0.2, -0.15) is 0 Å². The van der Waals surface area contributed by atoms with Gasteiger partial charge in [-0.05, 0) is 18.6 Å². The maximum Gasteiger partial charge on any atom is 0.275 e. The van der Waals surface area contributed by atoms with Gasteiger partial charge in [-0.3, -0.25) is 4.79 Å². The number of carbonyl (C=O) groups excluding carboxylic acids is 1. The number of amides is 1. The van der Waals surface area contributed by atoms with Gasteiger partial charge >= 0.3 is 0 Å². The average molecular weight is 328 g/mol. The summed E-state index contributed by atoms with van der Waals surface area (Å²) < 4.78 is 10.5. The van der Waals surface area contributed by atoms with Crippen molar-refractivity contribution in [2.45, 2.75) is 26.2 Å². The highest BCUT2D eigenvalue weighted by Crippen LogP contribution is 2.34. The summed E-state index contributed by atoms with van der Waals surface area (Å²) in [5.41, 5.74) is 0.875. The first-order chi connectivity index (χ1) is 11.8. The van der Waals surface area contributed by atoms with Crippen molar-refractivity contribution in [2.75, 3.05) is 24.0 Å². The van der Waals surface area contributed by atoms with E-state index in [1.807, 2.05) is 0 Å². The molecule has 0 saturated carbocycles. The maximum absolute atomic E-state index is 12.2. The Morgan fingerprint density at radius 3 is 2.83 bits per heavy atom.